The molecule has 0 amide bonds. The summed E-state index contributed by atoms with van der Waals surface area (Å²) < 4.78 is 0. The number of benzene rings is 8. The lowest BCUT2D eigenvalue weighted by atomic mass is 9.92. The molecule has 2 aromatic heterocycles. The Hall–Kier alpha value is -8.73. The summed E-state index contributed by atoms with van der Waals surface area (Å²) in [6.07, 6.45) is 0. The highest BCUT2D eigenvalue weighted by Crippen LogP contribution is 2.36. The highest BCUT2D eigenvalue weighted by molar-refractivity contribution is 5.84. The van der Waals surface area contributed by atoms with Crippen LogP contribution in [0.5, 0.6) is 0 Å². The van der Waals surface area contributed by atoms with Gasteiger partial charge in [-0.25, -0.2) is 9.97 Å². The second-order valence-electron chi connectivity index (χ2n) is 14.8. The lowest BCUT2D eigenvalue weighted by Crippen LogP contribution is -2.00. The minimum atomic E-state index is 0.548. The molecule has 0 atom stereocenters. The quantitative estimate of drug-likeness (QED) is 0.143. The minimum Gasteiger partial charge on any atom is -0.224 e. The molecule has 0 aliphatic heterocycles. The van der Waals surface area contributed by atoms with Crippen LogP contribution in [0.1, 0.15) is 5.56 Å². The molecule has 10 rings (SSSR count). The van der Waals surface area contributed by atoms with E-state index < -0.39 is 0 Å². The fourth-order valence-electron chi connectivity index (χ4n) is 7.56. The summed E-state index contributed by atoms with van der Waals surface area (Å²) in [6.45, 7) is 0. The van der Waals surface area contributed by atoms with E-state index in [0.717, 1.165) is 89.5 Å². The number of rotatable bonds is 9. The maximum Gasteiger partial charge on any atom is 0.182 e. The van der Waals surface area contributed by atoms with Crippen molar-refractivity contribution in [2.45, 2.75) is 0 Å². The molecule has 0 N–H and O–H groups in total. The van der Waals surface area contributed by atoms with E-state index in [9.17, 15) is 5.26 Å². The lowest BCUT2D eigenvalue weighted by molar-refractivity contribution is 0.991. The smallest absolute Gasteiger partial charge is 0.182 e. The van der Waals surface area contributed by atoms with Gasteiger partial charge in [-0.2, -0.15) is 5.26 Å². The maximum atomic E-state index is 9.50. The van der Waals surface area contributed by atoms with Gasteiger partial charge in [0, 0.05) is 33.4 Å². The summed E-state index contributed by atoms with van der Waals surface area (Å²) in [6, 6.07) is 73.4. The molecule has 0 fully saturated rings. The first kappa shape index (κ1) is 37.5. The Bertz CT molecular complexity index is 3000. The van der Waals surface area contributed by atoms with E-state index in [1.54, 1.807) is 0 Å². The number of hydrogen-bond acceptors (Lipinski definition) is 7. The Morgan fingerprint density at radius 1 is 0.258 bits per heavy atom. The van der Waals surface area contributed by atoms with Crippen LogP contribution in [-0.4, -0.2) is 30.4 Å². The predicted octanol–water partition coefficient (Wildman–Crippen LogP) is 12.9. The first-order chi connectivity index (χ1) is 30.7. The molecule has 0 saturated carbocycles. The first-order valence-electron chi connectivity index (χ1n) is 20.3. The summed E-state index contributed by atoms with van der Waals surface area (Å²) in [5, 5.41) is 28.1. The van der Waals surface area contributed by atoms with Gasteiger partial charge in [0.15, 0.2) is 11.6 Å². The monoisotopic (exact) mass is 793 g/mol. The van der Waals surface area contributed by atoms with Crippen molar-refractivity contribution >= 4 is 0 Å². The van der Waals surface area contributed by atoms with Gasteiger partial charge >= 0.3 is 0 Å². The molecule has 290 valence electrons. The van der Waals surface area contributed by atoms with E-state index >= 15 is 0 Å². The Kier molecular flexibility index (Phi) is 10.2. The van der Waals surface area contributed by atoms with Gasteiger partial charge in [-0.3, -0.25) is 0 Å². The van der Waals surface area contributed by atoms with Crippen molar-refractivity contribution in [2.75, 3.05) is 0 Å². The van der Waals surface area contributed by atoms with Crippen LogP contribution in [-0.2, 0) is 0 Å². The molecule has 8 aromatic carbocycles. The van der Waals surface area contributed by atoms with Crippen molar-refractivity contribution in [2.24, 2.45) is 0 Å². The zero-order valence-corrected chi connectivity index (χ0v) is 33.3. The van der Waals surface area contributed by atoms with Crippen molar-refractivity contribution in [1.82, 2.24) is 30.4 Å². The fraction of sp³-hybridized carbons (Fsp3) is 0. The maximum absolute atomic E-state index is 9.50. The minimum absolute atomic E-state index is 0.548. The molecule has 0 unspecified atom stereocenters. The topological polar surface area (TPSA) is 101 Å². The van der Waals surface area contributed by atoms with Gasteiger partial charge in [-0.15, -0.1) is 20.4 Å². The Morgan fingerprint density at radius 2 is 0.548 bits per heavy atom. The molecular weight excluding hydrogens is 759 g/mol. The largest absolute Gasteiger partial charge is 0.224 e. The molecule has 7 nitrogen and oxygen atoms in total. The second-order valence-corrected chi connectivity index (χ2v) is 14.8. The third-order valence-corrected chi connectivity index (χ3v) is 10.8. The molecule has 0 bridgehead atoms. The summed E-state index contributed by atoms with van der Waals surface area (Å²) in [5.41, 5.74) is 15.4. The zero-order chi connectivity index (χ0) is 41.7. The van der Waals surface area contributed by atoms with Gasteiger partial charge in [0.05, 0.1) is 11.6 Å². The average molecular weight is 794 g/mol. The van der Waals surface area contributed by atoms with E-state index in [1.807, 2.05) is 170 Å². The molecule has 7 heteroatoms. The lowest BCUT2D eigenvalue weighted by Gasteiger charge is -2.13. The van der Waals surface area contributed by atoms with Crippen LogP contribution in [0, 0.1) is 11.3 Å². The van der Waals surface area contributed by atoms with Gasteiger partial charge in [-0.1, -0.05) is 182 Å². The number of hydrogen-bond donors (Lipinski definition) is 0. The number of nitrogens with zero attached hydrogens (tertiary/aromatic N) is 7. The number of nitriles is 1. The van der Waals surface area contributed by atoms with E-state index in [-0.39, 0.29) is 0 Å². The Morgan fingerprint density at radius 3 is 0.871 bits per heavy atom. The van der Waals surface area contributed by atoms with Gasteiger partial charge in [0.2, 0.25) is 0 Å². The summed E-state index contributed by atoms with van der Waals surface area (Å²) in [7, 11) is 0. The van der Waals surface area contributed by atoms with Crippen LogP contribution in [0.25, 0.3) is 101 Å². The van der Waals surface area contributed by atoms with E-state index in [2.05, 4.69) is 58.7 Å². The second kappa shape index (κ2) is 16.9. The van der Waals surface area contributed by atoms with Crippen LogP contribution in [0.4, 0.5) is 0 Å². The van der Waals surface area contributed by atoms with Gasteiger partial charge in [0.1, 0.15) is 22.8 Å². The average Bonchev–Trinajstić information content (AvgIpc) is 3.37. The molecule has 0 aliphatic rings. The highest BCUT2D eigenvalue weighted by atomic mass is 15.2. The van der Waals surface area contributed by atoms with Crippen LogP contribution < -0.4 is 0 Å². The molecule has 0 aliphatic carbocycles. The molecule has 0 radical (unpaired) electrons. The van der Waals surface area contributed by atoms with Crippen LogP contribution >= 0.6 is 0 Å². The highest BCUT2D eigenvalue weighted by Gasteiger charge is 2.17. The summed E-state index contributed by atoms with van der Waals surface area (Å²) in [4.78, 5) is 10.1. The number of aromatic nitrogens is 6. The zero-order valence-electron chi connectivity index (χ0n) is 33.3. The van der Waals surface area contributed by atoms with Crippen molar-refractivity contribution in [3.8, 4) is 107 Å². The van der Waals surface area contributed by atoms with Crippen LogP contribution in [0.2, 0.25) is 0 Å². The molecule has 10 aromatic rings. The van der Waals surface area contributed by atoms with Crippen molar-refractivity contribution < 1.29 is 0 Å². The van der Waals surface area contributed by atoms with E-state index in [1.165, 1.54) is 0 Å². The molecule has 0 saturated heterocycles. The normalized spacial score (nSPS) is 10.9. The van der Waals surface area contributed by atoms with Crippen molar-refractivity contribution in [3.63, 3.8) is 0 Å². The Labute approximate surface area is 359 Å². The van der Waals surface area contributed by atoms with Crippen molar-refractivity contribution in [3.05, 3.63) is 218 Å². The Balaban J connectivity index is 1.01. The van der Waals surface area contributed by atoms with Gasteiger partial charge in [0.25, 0.3) is 0 Å². The van der Waals surface area contributed by atoms with Crippen molar-refractivity contribution in [1.29, 1.82) is 5.26 Å². The standard InChI is InChI=1S/C55H35N7/c56-36-37-21-23-38(24-22-37)47-33-48(39-25-29-45(30-26-39)54-57-50(41-13-5-1-6-14-41)52(59-61-54)43-17-9-3-10-18-43)35-49(34-47)40-27-31-46(32-28-40)55-58-51(42-15-7-2-8-16-42)53(60-62-55)44-19-11-4-12-20-44/h1-35H. The first-order valence-corrected chi connectivity index (χ1v) is 20.3. The fourth-order valence-corrected chi connectivity index (χ4v) is 7.56. The van der Waals surface area contributed by atoms with Crippen LogP contribution in [0.15, 0.2) is 212 Å². The molecule has 0 spiro atoms. The predicted molar refractivity (Wildman–Crippen MR) is 247 cm³/mol. The SMILES string of the molecule is N#Cc1ccc(-c2cc(-c3ccc(-c4nnc(-c5ccccc5)c(-c5ccccc5)n4)cc3)cc(-c3ccc(-c4nnc(-c5ccccc5)c(-c5ccccc5)n4)cc3)c2)cc1. The summed E-state index contributed by atoms with van der Waals surface area (Å²) in [5.74, 6) is 1.10. The van der Waals surface area contributed by atoms with Crippen LogP contribution in [0.3, 0.4) is 0 Å². The summed E-state index contributed by atoms with van der Waals surface area (Å²) >= 11 is 0. The van der Waals surface area contributed by atoms with E-state index in [4.69, 9.17) is 20.2 Å². The molecule has 62 heavy (non-hydrogen) atoms. The third kappa shape index (κ3) is 7.75. The van der Waals surface area contributed by atoms with Gasteiger partial charge in [-0.05, 0) is 63.7 Å². The van der Waals surface area contributed by atoms with Gasteiger partial charge < -0.3 is 0 Å². The third-order valence-electron chi connectivity index (χ3n) is 10.8. The van der Waals surface area contributed by atoms with E-state index in [0.29, 0.717) is 17.2 Å². The molecular formula is C55H35N7. The molecule has 2 heterocycles.